The van der Waals surface area contributed by atoms with Gasteiger partial charge in [-0.3, -0.25) is 4.79 Å². The highest BCUT2D eigenvalue weighted by molar-refractivity contribution is 6.02. The number of carbonyl (C=O) groups is 1. The standard InChI is InChI=1S/C22H23NO3/c1-14-8-9-18(12-16(14)3)25-13-19-10-11-21(26-19)22(24)23-20-7-5-6-15(2)17(20)4/h5-12H,13H2,1-4H3,(H,23,24). The van der Waals surface area contributed by atoms with Crippen LogP contribution < -0.4 is 10.1 Å². The van der Waals surface area contributed by atoms with Crippen LogP contribution in [0.4, 0.5) is 5.69 Å². The van der Waals surface area contributed by atoms with Crippen molar-refractivity contribution < 1.29 is 13.9 Å². The molecule has 3 rings (SSSR count). The van der Waals surface area contributed by atoms with Crippen LogP contribution >= 0.6 is 0 Å². The number of hydrogen-bond donors (Lipinski definition) is 1. The van der Waals surface area contributed by atoms with E-state index in [0.717, 1.165) is 22.6 Å². The fourth-order valence-electron chi connectivity index (χ4n) is 2.61. The highest BCUT2D eigenvalue weighted by Crippen LogP contribution is 2.21. The minimum absolute atomic E-state index is 0.267. The van der Waals surface area contributed by atoms with Gasteiger partial charge in [0.05, 0.1) is 0 Å². The number of nitrogens with one attached hydrogen (secondary N) is 1. The van der Waals surface area contributed by atoms with Crippen LogP contribution in [0.5, 0.6) is 5.75 Å². The highest BCUT2D eigenvalue weighted by Gasteiger charge is 2.13. The SMILES string of the molecule is Cc1ccc(OCc2ccc(C(=O)Nc3cccc(C)c3C)o2)cc1C. The first-order valence-corrected chi connectivity index (χ1v) is 8.60. The van der Waals surface area contributed by atoms with Crippen LogP contribution in [0.3, 0.4) is 0 Å². The molecule has 0 fully saturated rings. The van der Waals surface area contributed by atoms with Gasteiger partial charge in [0, 0.05) is 5.69 Å². The number of amides is 1. The maximum atomic E-state index is 12.4. The van der Waals surface area contributed by atoms with Gasteiger partial charge in [0.25, 0.3) is 5.91 Å². The van der Waals surface area contributed by atoms with Crippen molar-refractivity contribution in [3.63, 3.8) is 0 Å². The van der Waals surface area contributed by atoms with E-state index in [9.17, 15) is 4.79 Å². The van der Waals surface area contributed by atoms with Crippen molar-refractivity contribution in [3.05, 3.63) is 82.3 Å². The van der Waals surface area contributed by atoms with Crippen molar-refractivity contribution in [1.82, 2.24) is 0 Å². The number of anilines is 1. The van der Waals surface area contributed by atoms with E-state index in [1.807, 2.05) is 57.2 Å². The topological polar surface area (TPSA) is 51.5 Å². The molecule has 0 saturated heterocycles. The molecule has 0 saturated carbocycles. The zero-order valence-corrected chi connectivity index (χ0v) is 15.6. The third-order valence-corrected chi connectivity index (χ3v) is 4.60. The summed E-state index contributed by atoms with van der Waals surface area (Å²) < 4.78 is 11.4. The van der Waals surface area contributed by atoms with Crippen molar-refractivity contribution in [2.45, 2.75) is 34.3 Å². The lowest BCUT2D eigenvalue weighted by Crippen LogP contribution is -2.12. The van der Waals surface area contributed by atoms with Crippen LogP contribution in [0.2, 0.25) is 0 Å². The summed E-state index contributed by atoms with van der Waals surface area (Å²) in [6.07, 6.45) is 0. The zero-order chi connectivity index (χ0) is 18.7. The lowest BCUT2D eigenvalue weighted by molar-refractivity contribution is 0.0992. The van der Waals surface area contributed by atoms with Gasteiger partial charge in [-0.15, -0.1) is 0 Å². The van der Waals surface area contributed by atoms with Gasteiger partial charge in [0.2, 0.25) is 0 Å². The Morgan fingerprint density at radius 2 is 1.77 bits per heavy atom. The fourth-order valence-corrected chi connectivity index (χ4v) is 2.61. The molecule has 0 aliphatic heterocycles. The molecule has 4 nitrogen and oxygen atoms in total. The second-order valence-corrected chi connectivity index (χ2v) is 6.50. The number of aryl methyl sites for hydroxylation is 3. The lowest BCUT2D eigenvalue weighted by Gasteiger charge is -2.09. The second-order valence-electron chi connectivity index (χ2n) is 6.50. The Hall–Kier alpha value is -3.01. The average Bonchev–Trinajstić information content (AvgIpc) is 3.09. The highest BCUT2D eigenvalue weighted by atomic mass is 16.5. The molecule has 0 atom stereocenters. The number of rotatable bonds is 5. The predicted molar refractivity (Wildman–Crippen MR) is 103 cm³/mol. The molecule has 0 aliphatic rings. The molecule has 0 spiro atoms. The van der Waals surface area contributed by atoms with E-state index in [1.54, 1.807) is 12.1 Å². The number of furan rings is 1. The van der Waals surface area contributed by atoms with Gasteiger partial charge in [0.15, 0.2) is 5.76 Å². The van der Waals surface area contributed by atoms with Gasteiger partial charge >= 0.3 is 0 Å². The van der Waals surface area contributed by atoms with Crippen molar-refractivity contribution in [3.8, 4) is 5.75 Å². The molecule has 1 amide bonds. The largest absolute Gasteiger partial charge is 0.486 e. The Balaban J connectivity index is 1.64. The Labute approximate surface area is 153 Å². The number of ether oxygens (including phenoxy) is 1. The number of carbonyl (C=O) groups excluding carboxylic acids is 1. The third-order valence-electron chi connectivity index (χ3n) is 4.60. The van der Waals surface area contributed by atoms with Crippen LogP contribution in [-0.4, -0.2) is 5.91 Å². The molecule has 2 aromatic carbocycles. The molecule has 3 aromatic rings. The van der Waals surface area contributed by atoms with Crippen LogP contribution in [0.15, 0.2) is 52.9 Å². The van der Waals surface area contributed by atoms with Gasteiger partial charge in [-0.2, -0.15) is 0 Å². The van der Waals surface area contributed by atoms with Crippen LogP contribution in [0.25, 0.3) is 0 Å². The summed E-state index contributed by atoms with van der Waals surface area (Å²) in [4.78, 5) is 12.4. The van der Waals surface area contributed by atoms with E-state index >= 15 is 0 Å². The fraction of sp³-hybridized carbons (Fsp3) is 0.227. The Bertz CT molecular complexity index is 940. The van der Waals surface area contributed by atoms with Crippen molar-refractivity contribution >= 4 is 11.6 Å². The molecule has 4 heteroatoms. The van der Waals surface area contributed by atoms with E-state index in [4.69, 9.17) is 9.15 Å². The summed E-state index contributed by atoms with van der Waals surface area (Å²) in [6, 6.07) is 15.2. The van der Waals surface area contributed by atoms with Gasteiger partial charge in [-0.05, 0) is 80.3 Å². The van der Waals surface area contributed by atoms with E-state index in [2.05, 4.69) is 12.2 Å². The molecule has 134 valence electrons. The quantitative estimate of drug-likeness (QED) is 0.676. The number of benzene rings is 2. The van der Waals surface area contributed by atoms with Crippen molar-refractivity contribution in [2.24, 2.45) is 0 Å². The molecule has 0 aliphatic carbocycles. The molecule has 0 unspecified atom stereocenters. The normalized spacial score (nSPS) is 10.6. The van der Waals surface area contributed by atoms with Gasteiger partial charge < -0.3 is 14.5 Å². The first kappa shape index (κ1) is 17.8. The minimum atomic E-state index is -0.267. The predicted octanol–water partition coefficient (Wildman–Crippen LogP) is 5.34. The molecular weight excluding hydrogens is 326 g/mol. The molecule has 1 aromatic heterocycles. The average molecular weight is 349 g/mol. The van der Waals surface area contributed by atoms with Crippen LogP contribution in [0.1, 0.15) is 38.6 Å². The van der Waals surface area contributed by atoms with Gasteiger partial charge in [0.1, 0.15) is 18.1 Å². The van der Waals surface area contributed by atoms with Gasteiger partial charge in [-0.1, -0.05) is 18.2 Å². The smallest absolute Gasteiger partial charge is 0.291 e. The van der Waals surface area contributed by atoms with Crippen molar-refractivity contribution in [2.75, 3.05) is 5.32 Å². The Morgan fingerprint density at radius 1 is 0.962 bits per heavy atom. The van der Waals surface area contributed by atoms with E-state index in [-0.39, 0.29) is 18.3 Å². The molecule has 26 heavy (non-hydrogen) atoms. The zero-order valence-electron chi connectivity index (χ0n) is 15.6. The molecule has 0 radical (unpaired) electrons. The minimum Gasteiger partial charge on any atom is -0.486 e. The van der Waals surface area contributed by atoms with Crippen molar-refractivity contribution in [1.29, 1.82) is 0 Å². The maximum Gasteiger partial charge on any atom is 0.291 e. The van der Waals surface area contributed by atoms with E-state index in [0.29, 0.717) is 5.76 Å². The Kier molecular flexibility index (Phi) is 5.12. The first-order valence-electron chi connectivity index (χ1n) is 8.60. The third kappa shape index (κ3) is 3.97. The second kappa shape index (κ2) is 7.48. The summed E-state index contributed by atoms with van der Waals surface area (Å²) in [7, 11) is 0. The molecule has 1 heterocycles. The summed E-state index contributed by atoms with van der Waals surface area (Å²) in [5.41, 5.74) is 5.37. The lowest BCUT2D eigenvalue weighted by atomic mass is 10.1. The summed E-state index contributed by atoms with van der Waals surface area (Å²) in [5.74, 6) is 1.39. The number of hydrogen-bond acceptors (Lipinski definition) is 3. The van der Waals surface area contributed by atoms with Gasteiger partial charge in [-0.25, -0.2) is 0 Å². The molecular formula is C22H23NO3. The molecule has 0 bridgehead atoms. The Morgan fingerprint density at radius 3 is 2.54 bits per heavy atom. The maximum absolute atomic E-state index is 12.4. The first-order chi connectivity index (χ1) is 12.4. The van der Waals surface area contributed by atoms with E-state index < -0.39 is 0 Å². The monoisotopic (exact) mass is 349 g/mol. The summed E-state index contributed by atoms with van der Waals surface area (Å²) in [6.45, 7) is 8.38. The molecule has 1 N–H and O–H groups in total. The van der Waals surface area contributed by atoms with Crippen LogP contribution in [0, 0.1) is 27.7 Å². The van der Waals surface area contributed by atoms with Crippen LogP contribution in [-0.2, 0) is 6.61 Å². The summed E-state index contributed by atoms with van der Waals surface area (Å²) in [5, 5.41) is 2.89. The van der Waals surface area contributed by atoms with E-state index in [1.165, 1.54) is 11.1 Å². The summed E-state index contributed by atoms with van der Waals surface area (Å²) >= 11 is 0.